The summed E-state index contributed by atoms with van der Waals surface area (Å²) in [5.74, 6) is -1.63. The van der Waals surface area contributed by atoms with Crippen molar-refractivity contribution in [3.05, 3.63) is 120 Å². The van der Waals surface area contributed by atoms with Crippen molar-refractivity contribution in [3.8, 4) is 0 Å². The third-order valence-electron chi connectivity index (χ3n) is 4.95. The Kier molecular flexibility index (Phi) is 7.65. The molecule has 1 heterocycles. The van der Waals surface area contributed by atoms with Gasteiger partial charge in [0.15, 0.2) is 12.2 Å². The van der Waals surface area contributed by atoms with Crippen molar-refractivity contribution >= 4 is 24.1 Å². The highest BCUT2D eigenvalue weighted by Crippen LogP contribution is 2.20. The monoisotopic (exact) mass is 471 g/mol. The van der Waals surface area contributed by atoms with Gasteiger partial charge in [-0.15, -0.1) is 0 Å². The van der Waals surface area contributed by atoms with Crippen molar-refractivity contribution in [1.29, 1.82) is 0 Å². The lowest BCUT2D eigenvalue weighted by atomic mass is 10.1. The molecular formula is C27H21NO7. The molecule has 0 fully saturated rings. The van der Waals surface area contributed by atoms with Crippen LogP contribution in [0, 0.1) is 0 Å². The highest BCUT2D eigenvalue weighted by molar-refractivity contribution is 5.91. The van der Waals surface area contributed by atoms with Crippen LogP contribution < -0.4 is 0 Å². The summed E-state index contributed by atoms with van der Waals surface area (Å²) >= 11 is 0. The van der Waals surface area contributed by atoms with E-state index in [0.717, 1.165) is 0 Å². The Hall–Kier alpha value is -4.72. The smallest absolute Gasteiger partial charge is 0.365 e. The zero-order valence-electron chi connectivity index (χ0n) is 18.5. The fourth-order valence-corrected chi connectivity index (χ4v) is 3.18. The van der Waals surface area contributed by atoms with Gasteiger partial charge >= 0.3 is 17.9 Å². The largest absolute Gasteiger partial charge is 0.488 e. The zero-order valence-corrected chi connectivity index (χ0v) is 18.5. The van der Waals surface area contributed by atoms with Crippen molar-refractivity contribution < 1.29 is 33.4 Å². The summed E-state index contributed by atoms with van der Waals surface area (Å²) in [6, 6.07) is 25.2. The molecule has 0 bridgehead atoms. The van der Waals surface area contributed by atoms with Gasteiger partial charge in [0.2, 0.25) is 0 Å². The Labute approximate surface area is 201 Å². The maximum absolute atomic E-state index is 12.6. The number of allylic oxidation sites excluding steroid dienone is 1. The van der Waals surface area contributed by atoms with Crippen LogP contribution in [-0.4, -0.2) is 42.9 Å². The molecule has 3 aromatic carbocycles. The zero-order chi connectivity index (χ0) is 24.5. The second kappa shape index (κ2) is 11.4. The van der Waals surface area contributed by atoms with Crippen molar-refractivity contribution in [2.45, 2.75) is 12.2 Å². The lowest BCUT2D eigenvalue weighted by Crippen LogP contribution is -2.40. The Balaban J connectivity index is 1.48. The van der Waals surface area contributed by atoms with Crippen LogP contribution in [0.3, 0.4) is 0 Å². The first-order chi connectivity index (χ1) is 17.1. The minimum Gasteiger partial charge on any atom is -0.488 e. The number of benzene rings is 3. The standard InChI is InChI=1S/C27H21NO7/c29-25(19-10-4-1-5-11-19)33-23-16-22(17-28-35-27(31)21-14-8-3-9-15-21)32-18-24(23)34-26(30)20-12-6-2-7-13-20/h1-17,23-24H,18H2/t23-,24+/m0/s1. The first kappa shape index (κ1) is 23.4. The summed E-state index contributed by atoms with van der Waals surface area (Å²) in [6.45, 7) is -0.101. The molecule has 1 aliphatic rings. The molecule has 35 heavy (non-hydrogen) atoms. The number of hydrogen-bond donors (Lipinski definition) is 0. The first-order valence-corrected chi connectivity index (χ1v) is 10.8. The van der Waals surface area contributed by atoms with E-state index in [1.807, 2.05) is 0 Å². The minimum absolute atomic E-state index is 0.101. The first-order valence-electron chi connectivity index (χ1n) is 10.8. The van der Waals surface area contributed by atoms with E-state index in [2.05, 4.69) is 5.16 Å². The van der Waals surface area contributed by atoms with Gasteiger partial charge in [0.1, 0.15) is 18.6 Å². The molecule has 3 aromatic rings. The normalized spacial score (nSPS) is 17.1. The fraction of sp³-hybridized carbons (Fsp3) is 0.111. The Morgan fingerprint density at radius 3 is 1.74 bits per heavy atom. The quantitative estimate of drug-likeness (QED) is 0.220. The van der Waals surface area contributed by atoms with Crippen LogP contribution in [0.5, 0.6) is 0 Å². The van der Waals surface area contributed by atoms with E-state index in [-0.39, 0.29) is 12.4 Å². The average molecular weight is 471 g/mol. The number of hydrogen-bond acceptors (Lipinski definition) is 8. The molecule has 0 spiro atoms. The Bertz CT molecular complexity index is 1220. The number of carbonyl (C=O) groups is 3. The maximum atomic E-state index is 12.6. The van der Waals surface area contributed by atoms with E-state index >= 15 is 0 Å². The summed E-state index contributed by atoms with van der Waals surface area (Å²) in [6.07, 6.45) is 0.752. The van der Waals surface area contributed by atoms with Crippen LogP contribution in [0.15, 0.2) is 108 Å². The fourth-order valence-electron chi connectivity index (χ4n) is 3.18. The Morgan fingerprint density at radius 1 is 0.714 bits per heavy atom. The van der Waals surface area contributed by atoms with Gasteiger partial charge in [-0.1, -0.05) is 59.8 Å². The van der Waals surface area contributed by atoms with Crippen molar-refractivity contribution in [3.63, 3.8) is 0 Å². The van der Waals surface area contributed by atoms with Gasteiger partial charge in [0, 0.05) is 6.08 Å². The molecular weight excluding hydrogens is 450 g/mol. The number of ether oxygens (including phenoxy) is 3. The van der Waals surface area contributed by atoms with Crippen LogP contribution >= 0.6 is 0 Å². The lowest BCUT2D eigenvalue weighted by Gasteiger charge is -2.29. The second-order valence-corrected chi connectivity index (χ2v) is 7.41. The van der Waals surface area contributed by atoms with Crippen molar-refractivity contribution in [2.75, 3.05) is 6.61 Å². The minimum atomic E-state index is -0.963. The molecule has 0 radical (unpaired) electrons. The topological polar surface area (TPSA) is 100 Å². The van der Waals surface area contributed by atoms with E-state index in [0.29, 0.717) is 16.7 Å². The van der Waals surface area contributed by atoms with Crippen molar-refractivity contribution in [1.82, 2.24) is 0 Å². The van der Waals surface area contributed by atoms with Gasteiger partial charge < -0.3 is 19.0 Å². The van der Waals surface area contributed by atoms with Crippen LogP contribution in [0.2, 0.25) is 0 Å². The molecule has 0 saturated heterocycles. The third kappa shape index (κ3) is 6.42. The number of rotatable bonds is 7. The van der Waals surface area contributed by atoms with Crippen LogP contribution in [0.1, 0.15) is 31.1 Å². The highest BCUT2D eigenvalue weighted by atomic mass is 16.7. The number of nitrogens with zero attached hydrogens (tertiary/aromatic N) is 1. The molecule has 4 rings (SSSR count). The Morgan fingerprint density at radius 2 is 1.20 bits per heavy atom. The summed E-state index contributed by atoms with van der Waals surface area (Å²) in [7, 11) is 0. The number of oxime groups is 1. The predicted octanol–water partition coefficient (Wildman–Crippen LogP) is 4.19. The predicted molar refractivity (Wildman–Crippen MR) is 126 cm³/mol. The van der Waals surface area contributed by atoms with Gasteiger partial charge in [-0.25, -0.2) is 14.4 Å². The maximum Gasteiger partial charge on any atom is 0.365 e. The number of carbonyl (C=O) groups excluding carboxylic acids is 3. The molecule has 1 aliphatic heterocycles. The van der Waals surface area contributed by atoms with Gasteiger partial charge in [-0.2, -0.15) is 0 Å². The average Bonchev–Trinajstić information content (AvgIpc) is 2.91. The van der Waals surface area contributed by atoms with E-state index in [1.165, 1.54) is 12.3 Å². The van der Waals surface area contributed by atoms with Crippen LogP contribution in [0.4, 0.5) is 0 Å². The molecule has 2 atom stereocenters. The van der Waals surface area contributed by atoms with Gasteiger partial charge in [-0.3, -0.25) is 0 Å². The number of esters is 2. The molecule has 0 amide bonds. The van der Waals surface area contributed by atoms with Crippen LogP contribution in [0.25, 0.3) is 0 Å². The SMILES string of the molecule is O=C(ON=CC1=C[C@H](OC(=O)c2ccccc2)[C@H](OC(=O)c2ccccc2)CO1)c1ccccc1. The second-order valence-electron chi connectivity index (χ2n) is 7.41. The molecule has 8 nitrogen and oxygen atoms in total. The van der Waals surface area contributed by atoms with Gasteiger partial charge in [0.05, 0.1) is 16.7 Å². The van der Waals surface area contributed by atoms with E-state index in [4.69, 9.17) is 19.0 Å². The molecule has 0 aliphatic carbocycles. The molecule has 176 valence electrons. The third-order valence-corrected chi connectivity index (χ3v) is 4.95. The summed E-state index contributed by atoms with van der Waals surface area (Å²) in [5.41, 5.74) is 1.03. The van der Waals surface area contributed by atoms with E-state index < -0.39 is 30.1 Å². The molecule has 0 N–H and O–H groups in total. The molecule has 0 unspecified atom stereocenters. The van der Waals surface area contributed by atoms with Gasteiger partial charge in [0.25, 0.3) is 0 Å². The van der Waals surface area contributed by atoms with Crippen molar-refractivity contribution in [2.24, 2.45) is 5.16 Å². The molecule has 0 saturated carbocycles. The lowest BCUT2D eigenvalue weighted by molar-refractivity contribution is -0.0515. The summed E-state index contributed by atoms with van der Waals surface area (Å²) in [4.78, 5) is 42.1. The highest BCUT2D eigenvalue weighted by Gasteiger charge is 2.33. The molecule has 8 heteroatoms. The van der Waals surface area contributed by atoms with E-state index in [1.54, 1.807) is 91.0 Å². The van der Waals surface area contributed by atoms with E-state index in [9.17, 15) is 14.4 Å². The van der Waals surface area contributed by atoms with Crippen LogP contribution in [-0.2, 0) is 19.0 Å². The molecule has 0 aromatic heterocycles. The summed E-state index contributed by atoms with van der Waals surface area (Å²) < 4.78 is 16.8. The summed E-state index contributed by atoms with van der Waals surface area (Å²) in [5, 5.41) is 3.66. The van der Waals surface area contributed by atoms with Gasteiger partial charge in [-0.05, 0) is 36.4 Å².